The molecule has 10 heteroatoms. The number of imidazole rings is 1. The zero-order valence-corrected chi connectivity index (χ0v) is 17.6. The number of aromatic amines is 1. The van der Waals surface area contributed by atoms with Gasteiger partial charge in [0.2, 0.25) is 0 Å². The molecule has 0 fully saturated rings. The van der Waals surface area contributed by atoms with Gasteiger partial charge in [-0.15, -0.1) is 0 Å². The number of ether oxygens (including phenoxy) is 1. The number of hydrogen-bond donors (Lipinski definition) is 2. The molecule has 2 N–H and O–H groups in total. The molecule has 1 aliphatic rings. The van der Waals surface area contributed by atoms with Crippen molar-refractivity contribution in [3.05, 3.63) is 52.3 Å². The predicted octanol–water partition coefficient (Wildman–Crippen LogP) is 3.15. The predicted molar refractivity (Wildman–Crippen MR) is 110 cm³/mol. The number of methoxy groups -OCH3 is 1. The molecule has 0 radical (unpaired) electrons. The van der Waals surface area contributed by atoms with E-state index in [0.29, 0.717) is 36.4 Å². The Morgan fingerprint density at radius 2 is 2.31 bits per heavy atom. The molecule has 2 aromatic rings. The van der Waals surface area contributed by atoms with Crippen LogP contribution in [0, 0.1) is 5.82 Å². The van der Waals surface area contributed by atoms with Crippen molar-refractivity contribution in [1.82, 2.24) is 20.2 Å². The monoisotopic (exact) mass is 440 g/mol. The minimum absolute atomic E-state index is 0.204. The SMILES string of the molecule is COC(=O)C(CCSC)NC(=O)N1CCc2[nH]cnc2C1c1ccc(F)cc1Cl. The number of halogens is 2. The maximum Gasteiger partial charge on any atom is 0.328 e. The average Bonchev–Trinajstić information content (AvgIpc) is 3.19. The number of carbonyl (C=O) groups is 2. The van der Waals surface area contributed by atoms with Crippen molar-refractivity contribution in [2.45, 2.75) is 24.9 Å². The summed E-state index contributed by atoms with van der Waals surface area (Å²) in [6.45, 7) is 0.385. The lowest BCUT2D eigenvalue weighted by atomic mass is 9.95. The topological polar surface area (TPSA) is 87.3 Å². The average molecular weight is 441 g/mol. The van der Waals surface area contributed by atoms with Crippen LogP contribution in [0.4, 0.5) is 9.18 Å². The summed E-state index contributed by atoms with van der Waals surface area (Å²) in [7, 11) is 1.29. The van der Waals surface area contributed by atoms with Gasteiger partial charge in [-0.1, -0.05) is 17.7 Å². The molecule has 2 amide bonds. The van der Waals surface area contributed by atoms with Crippen molar-refractivity contribution in [3.8, 4) is 0 Å². The van der Waals surface area contributed by atoms with Gasteiger partial charge in [0.15, 0.2) is 0 Å². The maximum absolute atomic E-state index is 13.6. The molecule has 7 nitrogen and oxygen atoms in total. The molecule has 2 heterocycles. The molecule has 2 unspecified atom stereocenters. The second kappa shape index (κ2) is 9.49. The van der Waals surface area contributed by atoms with E-state index < -0.39 is 29.9 Å². The lowest BCUT2D eigenvalue weighted by Crippen LogP contribution is -2.51. The summed E-state index contributed by atoms with van der Waals surface area (Å²) in [6.07, 6.45) is 4.51. The summed E-state index contributed by atoms with van der Waals surface area (Å²) in [5.74, 6) is -0.270. The van der Waals surface area contributed by atoms with Crippen molar-refractivity contribution in [2.75, 3.05) is 25.7 Å². The van der Waals surface area contributed by atoms with Crippen LogP contribution in [0.3, 0.4) is 0 Å². The Bertz CT molecular complexity index is 894. The van der Waals surface area contributed by atoms with Crippen LogP contribution in [0.2, 0.25) is 5.02 Å². The largest absolute Gasteiger partial charge is 0.467 e. The van der Waals surface area contributed by atoms with E-state index in [2.05, 4.69) is 15.3 Å². The maximum atomic E-state index is 13.6. The van der Waals surface area contributed by atoms with Gasteiger partial charge in [-0.3, -0.25) is 0 Å². The van der Waals surface area contributed by atoms with Crippen LogP contribution < -0.4 is 5.32 Å². The van der Waals surface area contributed by atoms with Gasteiger partial charge < -0.3 is 19.9 Å². The number of H-pyrrole nitrogens is 1. The van der Waals surface area contributed by atoms with E-state index in [1.165, 1.54) is 19.2 Å². The lowest BCUT2D eigenvalue weighted by molar-refractivity contribution is -0.142. The third-order valence-corrected chi connectivity index (χ3v) is 5.81. The molecule has 1 aromatic heterocycles. The fourth-order valence-corrected chi connectivity index (χ4v) is 4.13. The quantitative estimate of drug-likeness (QED) is 0.674. The normalized spacial score (nSPS) is 16.8. The van der Waals surface area contributed by atoms with Crippen molar-refractivity contribution < 1.29 is 18.7 Å². The number of urea groups is 1. The van der Waals surface area contributed by atoms with Gasteiger partial charge in [-0.2, -0.15) is 11.8 Å². The molecule has 0 spiro atoms. The molecule has 0 saturated heterocycles. The molecule has 0 aliphatic carbocycles. The number of esters is 1. The number of aromatic nitrogens is 2. The first kappa shape index (κ1) is 21.4. The third kappa shape index (κ3) is 4.67. The van der Waals surface area contributed by atoms with Crippen molar-refractivity contribution in [1.29, 1.82) is 0 Å². The highest BCUT2D eigenvalue weighted by molar-refractivity contribution is 7.98. The summed E-state index contributed by atoms with van der Waals surface area (Å²) in [5.41, 5.74) is 2.11. The van der Waals surface area contributed by atoms with Crippen LogP contribution in [0.15, 0.2) is 24.5 Å². The highest BCUT2D eigenvalue weighted by atomic mass is 35.5. The molecular weight excluding hydrogens is 419 g/mol. The Hall–Kier alpha value is -2.26. The number of nitrogens with one attached hydrogen (secondary N) is 2. The Labute approximate surface area is 177 Å². The first-order valence-corrected chi connectivity index (χ1v) is 10.8. The number of nitrogens with zero attached hydrogens (tertiary/aromatic N) is 2. The number of carbonyl (C=O) groups excluding carboxylic acids is 2. The zero-order valence-electron chi connectivity index (χ0n) is 16.1. The van der Waals surface area contributed by atoms with Gasteiger partial charge in [0.05, 0.1) is 19.1 Å². The Kier molecular flexibility index (Phi) is 7.02. The van der Waals surface area contributed by atoms with Crippen LogP contribution in [0.25, 0.3) is 0 Å². The van der Waals surface area contributed by atoms with E-state index in [-0.39, 0.29) is 5.02 Å². The Morgan fingerprint density at radius 3 is 3.00 bits per heavy atom. The molecule has 0 bridgehead atoms. The molecule has 1 aromatic carbocycles. The molecule has 3 rings (SSSR count). The zero-order chi connectivity index (χ0) is 21.0. The van der Waals surface area contributed by atoms with Gasteiger partial charge >= 0.3 is 12.0 Å². The van der Waals surface area contributed by atoms with Gasteiger partial charge in [0.1, 0.15) is 17.9 Å². The van der Waals surface area contributed by atoms with Gasteiger partial charge in [-0.05, 0) is 36.1 Å². The number of fused-ring (bicyclic) bond motifs is 1. The summed E-state index contributed by atoms with van der Waals surface area (Å²) < 4.78 is 18.4. The van der Waals surface area contributed by atoms with E-state index in [9.17, 15) is 14.0 Å². The molecule has 2 atom stereocenters. The van der Waals surface area contributed by atoms with E-state index in [0.717, 1.165) is 5.69 Å². The number of hydrogen-bond acceptors (Lipinski definition) is 5. The number of thioether (sulfide) groups is 1. The number of rotatable bonds is 6. The van der Waals surface area contributed by atoms with Crippen LogP contribution in [-0.4, -0.2) is 58.6 Å². The van der Waals surface area contributed by atoms with Crippen LogP contribution >= 0.6 is 23.4 Å². The molecular formula is C19H22ClFN4O3S. The van der Waals surface area contributed by atoms with Crippen LogP contribution in [0.1, 0.15) is 29.4 Å². The van der Waals surface area contributed by atoms with E-state index in [1.54, 1.807) is 29.1 Å². The standard InChI is InChI=1S/C19H22ClFN4O3S/c1-28-18(26)15(6-8-29-2)24-19(27)25-7-5-14-16(23-10-22-14)17(25)12-4-3-11(21)9-13(12)20/h3-4,9-10,15,17H,5-8H2,1-2H3,(H,22,23)(H,24,27). The van der Waals surface area contributed by atoms with E-state index in [1.807, 2.05) is 6.26 Å². The van der Waals surface area contributed by atoms with Crippen LogP contribution in [-0.2, 0) is 16.0 Å². The molecule has 1 aliphatic heterocycles. The van der Waals surface area contributed by atoms with Gasteiger partial charge in [-0.25, -0.2) is 19.0 Å². The second-order valence-corrected chi connectivity index (χ2v) is 7.98. The first-order valence-electron chi connectivity index (χ1n) is 9.07. The van der Waals surface area contributed by atoms with Crippen molar-refractivity contribution >= 4 is 35.4 Å². The number of amides is 2. The fraction of sp³-hybridized carbons (Fsp3) is 0.421. The van der Waals surface area contributed by atoms with Crippen LogP contribution in [0.5, 0.6) is 0 Å². The fourth-order valence-electron chi connectivity index (χ4n) is 3.39. The molecule has 0 saturated carbocycles. The molecule has 156 valence electrons. The van der Waals surface area contributed by atoms with Gasteiger partial charge in [0, 0.05) is 23.7 Å². The summed E-state index contributed by atoms with van der Waals surface area (Å²) in [6, 6.07) is 2.28. The Morgan fingerprint density at radius 1 is 1.52 bits per heavy atom. The minimum atomic E-state index is -0.759. The Balaban J connectivity index is 1.91. The van der Waals surface area contributed by atoms with Crippen molar-refractivity contribution in [2.24, 2.45) is 0 Å². The summed E-state index contributed by atoms with van der Waals surface area (Å²) >= 11 is 7.87. The highest BCUT2D eigenvalue weighted by Gasteiger charge is 2.36. The van der Waals surface area contributed by atoms with E-state index in [4.69, 9.17) is 16.3 Å². The second-order valence-electron chi connectivity index (χ2n) is 6.58. The lowest BCUT2D eigenvalue weighted by Gasteiger charge is -2.36. The van der Waals surface area contributed by atoms with Crippen molar-refractivity contribution in [3.63, 3.8) is 0 Å². The van der Waals surface area contributed by atoms with Gasteiger partial charge in [0.25, 0.3) is 0 Å². The number of benzene rings is 1. The highest BCUT2D eigenvalue weighted by Crippen LogP contribution is 2.37. The first-order chi connectivity index (χ1) is 14.0. The summed E-state index contributed by atoms with van der Waals surface area (Å²) in [5, 5.41) is 2.97. The minimum Gasteiger partial charge on any atom is -0.467 e. The van der Waals surface area contributed by atoms with E-state index >= 15 is 0 Å². The molecule has 29 heavy (non-hydrogen) atoms. The summed E-state index contributed by atoms with van der Waals surface area (Å²) in [4.78, 5) is 34.2. The smallest absolute Gasteiger partial charge is 0.328 e. The third-order valence-electron chi connectivity index (χ3n) is 4.84.